The van der Waals surface area contributed by atoms with Gasteiger partial charge in [0.05, 0.1) is 6.04 Å². The molecular weight excluding hydrogens is 255 g/mol. The van der Waals surface area contributed by atoms with E-state index in [0.29, 0.717) is 11.4 Å². The van der Waals surface area contributed by atoms with E-state index in [4.69, 9.17) is 0 Å². The van der Waals surface area contributed by atoms with Crippen LogP contribution in [0.15, 0.2) is 30.6 Å². The first kappa shape index (κ1) is 14.2. The average Bonchev–Trinajstić information content (AvgIpc) is 2.44. The lowest BCUT2D eigenvalue weighted by molar-refractivity contribution is 0.600. The Kier molecular flexibility index (Phi) is 4.50. The zero-order valence-corrected chi connectivity index (χ0v) is 11.9. The lowest BCUT2D eigenvalue weighted by Gasteiger charge is -2.18. The number of anilines is 2. The van der Waals surface area contributed by atoms with E-state index in [1.54, 1.807) is 12.1 Å². The van der Waals surface area contributed by atoms with Crippen LogP contribution >= 0.6 is 0 Å². The summed E-state index contributed by atoms with van der Waals surface area (Å²) in [5.74, 6) is 1.29. The van der Waals surface area contributed by atoms with Crippen LogP contribution in [0.2, 0.25) is 0 Å². The predicted octanol–water partition coefficient (Wildman–Crippen LogP) is 3.53. The molecular formula is C15H19FN4. The van der Waals surface area contributed by atoms with Gasteiger partial charge in [-0.3, -0.25) is 0 Å². The van der Waals surface area contributed by atoms with Gasteiger partial charge in [0.2, 0.25) is 0 Å². The molecule has 1 aromatic heterocycles. The molecule has 0 spiro atoms. The maximum atomic E-state index is 13.8. The standard InChI is InChI=1S/C15H19FN4/c1-4-17-14-10(2)15(19-9-18-14)20-11(3)12-7-5-6-8-13(12)16/h5-9,11H,4H2,1-3H3,(H2,17,18,19,20). The normalized spacial score (nSPS) is 12.0. The second-order valence-electron chi connectivity index (χ2n) is 4.61. The highest BCUT2D eigenvalue weighted by Crippen LogP contribution is 2.24. The number of nitrogens with one attached hydrogen (secondary N) is 2. The molecule has 20 heavy (non-hydrogen) atoms. The molecule has 106 valence electrons. The Morgan fingerprint density at radius 2 is 1.90 bits per heavy atom. The van der Waals surface area contributed by atoms with Crippen molar-refractivity contribution in [3.63, 3.8) is 0 Å². The van der Waals surface area contributed by atoms with E-state index in [2.05, 4.69) is 20.6 Å². The third kappa shape index (κ3) is 3.04. The number of hydrogen-bond acceptors (Lipinski definition) is 4. The van der Waals surface area contributed by atoms with Crippen molar-refractivity contribution in [1.82, 2.24) is 9.97 Å². The molecule has 2 N–H and O–H groups in total. The summed E-state index contributed by atoms with van der Waals surface area (Å²) in [5, 5.41) is 6.41. The first-order valence-corrected chi connectivity index (χ1v) is 6.70. The molecule has 1 aromatic carbocycles. The Morgan fingerprint density at radius 1 is 1.20 bits per heavy atom. The SMILES string of the molecule is CCNc1ncnc(NC(C)c2ccccc2F)c1C. The third-order valence-corrected chi connectivity index (χ3v) is 3.15. The number of aromatic nitrogens is 2. The smallest absolute Gasteiger partial charge is 0.134 e. The van der Waals surface area contributed by atoms with E-state index >= 15 is 0 Å². The summed E-state index contributed by atoms with van der Waals surface area (Å²) in [6, 6.07) is 6.58. The number of hydrogen-bond donors (Lipinski definition) is 2. The lowest BCUT2D eigenvalue weighted by atomic mass is 10.1. The highest BCUT2D eigenvalue weighted by Gasteiger charge is 2.13. The van der Waals surface area contributed by atoms with Crippen LogP contribution < -0.4 is 10.6 Å². The van der Waals surface area contributed by atoms with Gasteiger partial charge in [-0.15, -0.1) is 0 Å². The number of rotatable bonds is 5. The third-order valence-electron chi connectivity index (χ3n) is 3.15. The summed E-state index contributed by atoms with van der Waals surface area (Å²) in [6.45, 7) is 6.65. The highest BCUT2D eigenvalue weighted by molar-refractivity contribution is 5.57. The summed E-state index contributed by atoms with van der Waals surface area (Å²) >= 11 is 0. The molecule has 0 amide bonds. The number of nitrogens with zero attached hydrogens (tertiary/aromatic N) is 2. The van der Waals surface area contributed by atoms with Crippen LogP contribution in [0.25, 0.3) is 0 Å². The maximum Gasteiger partial charge on any atom is 0.134 e. The second-order valence-corrected chi connectivity index (χ2v) is 4.61. The van der Waals surface area contributed by atoms with E-state index in [0.717, 1.165) is 17.9 Å². The van der Waals surface area contributed by atoms with Crippen LogP contribution in [0.1, 0.15) is 31.0 Å². The summed E-state index contributed by atoms with van der Waals surface area (Å²) in [6.07, 6.45) is 1.50. The van der Waals surface area contributed by atoms with Gasteiger partial charge in [0.1, 0.15) is 23.8 Å². The minimum Gasteiger partial charge on any atom is -0.370 e. The zero-order chi connectivity index (χ0) is 14.5. The summed E-state index contributed by atoms with van der Waals surface area (Å²) < 4.78 is 13.8. The highest BCUT2D eigenvalue weighted by atomic mass is 19.1. The first-order chi connectivity index (χ1) is 9.63. The van der Waals surface area contributed by atoms with E-state index in [1.165, 1.54) is 12.4 Å². The average molecular weight is 274 g/mol. The van der Waals surface area contributed by atoms with Crippen molar-refractivity contribution in [2.45, 2.75) is 26.8 Å². The molecule has 1 heterocycles. The van der Waals surface area contributed by atoms with Crippen LogP contribution in [-0.4, -0.2) is 16.5 Å². The van der Waals surface area contributed by atoms with Crippen molar-refractivity contribution in [3.8, 4) is 0 Å². The van der Waals surface area contributed by atoms with E-state index in [9.17, 15) is 4.39 Å². The van der Waals surface area contributed by atoms with E-state index in [1.807, 2.05) is 26.8 Å². The van der Waals surface area contributed by atoms with Gasteiger partial charge >= 0.3 is 0 Å². The molecule has 2 rings (SSSR count). The van der Waals surface area contributed by atoms with Gasteiger partial charge < -0.3 is 10.6 Å². The van der Waals surface area contributed by atoms with Gasteiger partial charge in [-0.2, -0.15) is 0 Å². The zero-order valence-electron chi connectivity index (χ0n) is 11.9. The Labute approximate surface area is 118 Å². The van der Waals surface area contributed by atoms with Crippen molar-refractivity contribution < 1.29 is 4.39 Å². The molecule has 0 saturated carbocycles. The molecule has 0 aliphatic rings. The topological polar surface area (TPSA) is 49.8 Å². The van der Waals surface area contributed by atoms with Crippen molar-refractivity contribution in [2.24, 2.45) is 0 Å². The Morgan fingerprint density at radius 3 is 2.60 bits per heavy atom. The molecule has 5 heteroatoms. The molecule has 0 saturated heterocycles. The van der Waals surface area contributed by atoms with Gasteiger partial charge in [0.25, 0.3) is 0 Å². The summed E-state index contributed by atoms with van der Waals surface area (Å²) in [4.78, 5) is 8.42. The molecule has 1 atom stereocenters. The monoisotopic (exact) mass is 274 g/mol. The fourth-order valence-corrected chi connectivity index (χ4v) is 2.05. The molecule has 0 aliphatic carbocycles. The number of benzene rings is 1. The van der Waals surface area contributed by atoms with Gasteiger partial charge in [-0.05, 0) is 26.8 Å². The minimum absolute atomic E-state index is 0.167. The molecule has 0 bridgehead atoms. The molecule has 0 aliphatic heterocycles. The molecule has 0 fully saturated rings. The quantitative estimate of drug-likeness (QED) is 0.875. The largest absolute Gasteiger partial charge is 0.370 e. The van der Waals surface area contributed by atoms with Gasteiger partial charge in [-0.1, -0.05) is 18.2 Å². The van der Waals surface area contributed by atoms with Crippen LogP contribution in [-0.2, 0) is 0 Å². The Hall–Kier alpha value is -2.17. The minimum atomic E-state index is -0.217. The van der Waals surface area contributed by atoms with E-state index < -0.39 is 0 Å². The lowest BCUT2D eigenvalue weighted by Crippen LogP contribution is -2.12. The first-order valence-electron chi connectivity index (χ1n) is 6.70. The maximum absolute atomic E-state index is 13.8. The fraction of sp³-hybridized carbons (Fsp3) is 0.333. The second kappa shape index (κ2) is 6.32. The van der Waals surface area contributed by atoms with Crippen molar-refractivity contribution in [3.05, 3.63) is 47.5 Å². The van der Waals surface area contributed by atoms with E-state index in [-0.39, 0.29) is 11.9 Å². The van der Waals surface area contributed by atoms with Crippen molar-refractivity contribution >= 4 is 11.6 Å². The molecule has 2 aromatic rings. The van der Waals surface area contributed by atoms with Gasteiger partial charge in [-0.25, -0.2) is 14.4 Å². The van der Waals surface area contributed by atoms with Crippen LogP contribution in [0.5, 0.6) is 0 Å². The summed E-state index contributed by atoms with van der Waals surface area (Å²) in [7, 11) is 0. The van der Waals surface area contributed by atoms with Crippen LogP contribution in [0, 0.1) is 12.7 Å². The van der Waals surface area contributed by atoms with Crippen molar-refractivity contribution in [2.75, 3.05) is 17.2 Å². The molecule has 0 radical (unpaired) electrons. The summed E-state index contributed by atoms with van der Waals surface area (Å²) in [5.41, 5.74) is 1.55. The Balaban J connectivity index is 2.22. The number of halogens is 1. The predicted molar refractivity (Wildman–Crippen MR) is 79.4 cm³/mol. The van der Waals surface area contributed by atoms with Crippen LogP contribution in [0.4, 0.5) is 16.0 Å². The fourth-order valence-electron chi connectivity index (χ4n) is 2.05. The Bertz CT molecular complexity index is 586. The molecule has 1 unspecified atom stereocenters. The molecule has 4 nitrogen and oxygen atoms in total. The van der Waals surface area contributed by atoms with Crippen molar-refractivity contribution in [1.29, 1.82) is 0 Å². The van der Waals surface area contributed by atoms with Gasteiger partial charge in [0.15, 0.2) is 0 Å². The van der Waals surface area contributed by atoms with Crippen LogP contribution in [0.3, 0.4) is 0 Å². The van der Waals surface area contributed by atoms with Gasteiger partial charge in [0, 0.05) is 17.7 Å².